The molecule has 0 saturated carbocycles. The number of hydrogen-bond donors (Lipinski definition) is 1. The molecule has 138 valence electrons. The summed E-state index contributed by atoms with van der Waals surface area (Å²) in [4.78, 5) is 10.7. The lowest BCUT2D eigenvalue weighted by Crippen LogP contribution is -1.99. The fourth-order valence-electron chi connectivity index (χ4n) is 2.63. The van der Waals surface area contributed by atoms with Crippen LogP contribution in [0.3, 0.4) is 0 Å². The van der Waals surface area contributed by atoms with Crippen molar-refractivity contribution in [3.63, 3.8) is 0 Å². The summed E-state index contributed by atoms with van der Waals surface area (Å²) < 4.78 is 11.7. The fraction of sp³-hybridized carbons (Fsp3) is 0.136. The minimum atomic E-state index is -0.799. The molecular weight excluding hydrogens is 364 g/mol. The lowest BCUT2D eigenvalue weighted by Gasteiger charge is -2.11. The van der Waals surface area contributed by atoms with Crippen LogP contribution in [0.15, 0.2) is 66.7 Å². The summed E-state index contributed by atoms with van der Waals surface area (Å²) in [6.45, 7) is 1.95. The molecular formula is C22H19ClO4. The first kappa shape index (κ1) is 18.8. The van der Waals surface area contributed by atoms with Gasteiger partial charge in [0.2, 0.25) is 0 Å². The van der Waals surface area contributed by atoms with Crippen LogP contribution in [-0.2, 0) is 11.2 Å². The molecule has 4 nitrogen and oxygen atoms in total. The third-order valence-electron chi connectivity index (χ3n) is 4.01. The second-order valence-electron chi connectivity index (χ2n) is 6.11. The smallest absolute Gasteiger partial charge is 0.303 e. The number of carboxylic acids is 1. The van der Waals surface area contributed by atoms with E-state index in [0.29, 0.717) is 34.4 Å². The van der Waals surface area contributed by atoms with Crippen molar-refractivity contribution in [2.24, 2.45) is 0 Å². The zero-order valence-corrected chi connectivity index (χ0v) is 15.6. The Morgan fingerprint density at radius 2 is 1.48 bits per heavy atom. The summed E-state index contributed by atoms with van der Waals surface area (Å²) in [5, 5.41) is 9.47. The first-order chi connectivity index (χ1) is 13.0. The second-order valence-corrected chi connectivity index (χ2v) is 6.55. The number of ether oxygens (including phenoxy) is 2. The molecule has 3 aromatic rings. The van der Waals surface area contributed by atoms with Gasteiger partial charge in [-0.2, -0.15) is 0 Å². The Bertz CT molecular complexity index is 935. The number of halogens is 1. The fourth-order valence-corrected chi connectivity index (χ4v) is 2.76. The van der Waals surface area contributed by atoms with E-state index in [9.17, 15) is 4.79 Å². The van der Waals surface area contributed by atoms with E-state index in [1.54, 1.807) is 24.3 Å². The highest BCUT2D eigenvalue weighted by Crippen LogP contribution is 2.29. The molecule has 0 unspecified atom stereocenters. The summed E-state index contributed by atoms with van der Waals surface area (Å²) in [6.07, 6.45) is 0.622. The molecule has 5 heteroatoms. The van der Waals surface area contributed by atoms with Gasteiger partial charge < -0.3 is 14.6 Å². The molecule has 3 rings (SSSR count). The molecule has 0 atom stereocenters. The Morgan fingerprint density at radius 1 is 0.889 bits per heavy atom. The van der Waals surface area contributed by atoms with Gasteiger partial charge >= 0.3 is 5.97 Å². The maximum absolute atomic E-state index is 10.7. The summed E-state index contributed by atoms with van der Waals surface area (Å²) in [7, 11) is 0. The summed E-state index contributed by atoms with van der Waals surface area (Å²) in [5.74, 6) is 1.89. The third kappa shape index (κ3) is 5.50. The van der Waals surface area contributed by atoms with Gasteiger partial charge in [-0.05, 0) is 73.0 Å². The minimum Gasteiger partial charge on any atom is -0.481 e. The van der Waals surface area contributed by atoms with Crippen LogP contribution < -0.4 is 9.47 Å². The van der Waals surface area contributed by atoms with E-state index >= 15 is 0 Å². The van der Waals surface area contributed by atoms with Crippen molar-refractivity contribution in [1.82, 2.24) is 0 Å². The average molecular weight is 383 g/mol. The standard InChI is InChI=1S/C22H19ClO4/c1-15-13-21(9-5-16(15)6-12-22(24)25)27-20-4-2-3-19(14-20)26-18-10-7-17(23)8-11-18/h2-5,7-11,13-14H,6,12H2,1H3,(H,24,25). The molecule has 0 heterocycles. The van der Waals surface area contributed by atoms with Crippen LogP contribution in [-0.4, -0.2) is 11.1 Å². The van der Waals surface area contributed by atoms with Crippen molar-refractivity contribution in [2.75, 3.05) is 0 Å². The van der Waals surface area contributed by atoms with Crippen molar-refractivity contribution in [2.45, 2.75) is 19.8 Å². The highest BCUT2D eigenvalue weighted by molar-refractivity contribution is 6.30. The van der Waals surface area contributed by atoms with Crippen LogP contribution in [0.4, 0.5) is 0 Å². The molecule has 0 aliphatic rings. The van der Waals surface area contributed by atoms with E-state index < -0.39 is 5.97 Å². The summed E-state index contributed by atoms with van der Waals surface area (Å²) in [5.41, 5.74) is 2.01. The van der Waals surface area contributed by atoms with Crippen molar-refractivity contribution < 1.29 is 19.4 Å². The van der Waals surface area contributed by atoms with Gasteiger partial charge in [0.1, 0.15) is 23.0 Å². The molecule has 0 amide bonds. The van der Waals surface area contributed by atoms with Crippen LogP contribution in [0.5, 0.6) is 23.0 Å². The number of hydrogen-bond acceptors (Lipinski definition) is 3. The summed E-state index contributed by atoms with van der Waals surface area (Å²) >= 11 is 5.88. The van der Waals surface area contributed by atoms with Gasteiger partial charge in [0.25, 0.3) is 0 Å². The molecule has 0 aromatic heterocycles. The molecule has 0 aliphatic heterocycles. The topological polar surface area (TPSA) is 55.8 Å². The number of benzene rings is 3. The lowest BCUT2D eigenvalue weighted by molar-refractivity contribution is -0.136. The quantitative estimate of drug-likeness (QED) is 0.524. The van der Waals surface area contributed by atoms with E-state index in [1.807, 2.05) is 49.4 Å². The normalized spacial score (nSPS) is 10.4. The zero-order valence-electron chi connectivity index (χ0n) is 14.8. The van der Waals surface area contributed by atoms with Crippen molar-refractivity contribution in [1.29, 1.82) is 0 Å². The molecule has 0 saturated heterocycles. The van der Waals surface area contributed by atoms with Crippen LogP contribution in [0.2, 0.25) is 5.02 Å². The van der Waals surface area contributed by atoms with Gasteiger partial charge in [0.05, 0.1) is 0 Å². The number of carbonyl (C=O) groups is 1. The van der Waals surface area contributed by atoms with Crippen LogP contribution >= 0.6 is 11.6 Å². The number of aliphatic carboxylic acids is 1. The van der Waals surface area contributed by atoms with E-state index in [-0.39, 0.29) is 6.42 Å². The Morgan fingerprint density at radius 3 is 2.11 bits per heavy atom. The third-order valence-corrected chi connectivity index (χ3v) is 4.26. The maximum Gasteiger partial charge on any atom is 0.303 e. The highest BCUT2D eigenvalue weighted by atomic mass is 35.5. The predicted octanol–water partition coefficient (Wildman–Crippen LogP) is 6.25. The van der Waals surface area contributed by atoms with Crippen molar-refractivity contribution >= 4 is 17.6 Å². The Hall–Kier alpha value is -2.98. The molecule has 0 spiro atoms. The van der Waals surface area contributed by atoms with Gasteiger partial charge in [0.15, 0.2) is 0 Å². The molecule has 0 radical (unpaired) electrons. The number of rotatable bonds is 7. The Labute approximate surface area is 162 Å². The molecule has 0 fully saturated rings. The van der Waals surface area contributed by atoms with Crippen LogP contribution in [0.25, 0.3) is 0 Å². The zero-order chi connectivity index (χ0) is 19.2. The SMILES string of the molecule is Cc1cc(Oc2cccc(Oc3ccc(Cl)cc3)c2)ccc1CCC(=O)O. The molecule has 0 aliphatic carbocycles. The van der Waals surface area contributed by atoms with Crippen molar-refractivity contribution in [3.05, 3.63) is 82.9 Å². The van der Waals surface area contributed by atoms with Gasteiger partial charge in [-0.1, -0.05) is 23.7 Å². The Kier molecular flexibility index (Phi) is 5.99. The van der Waals surface area contributed by atoms with E-state index in [0.717, 1.165) is 11.1 Å². The van der Waals surface area contributed by atoms with Gasteiger partial charge in [-0.25, -0.2) is 0 Å². The van der Waals surface area contributed by atoms with E-state index in [4.69, 9.17) is 26.2 Å². The molecule has 27 heavy (non-hydrogen) atoms. The first-order valence-electron chi connectivity index (χ1n) is 8.52. The van der Waals surface area contributed by atoms with Crippen LogP contribution in [0.1, 0.15) is 17.5 Å². The molecule has 1 N–H and O–H groups in total. The lowest BCUT2D eigenvalue weighted by atomic mass is 10.0. The summed E-state index contributed by atoms with van der Waals surface area (Å²) in [6, 6.07) is 20.2. The average Bonchev–Trinajstić information content (AvgIpc) is 2.63. The number of aryl methyl sites for hydroxylation is 2. The van der Waals surface area contributed by atoms with E-state index in [1.165, 1.54) is 0 Å². The second kappa shape index (κ2) is 8.60. The monoisotopic (exact) mass is 382 g/mol. The van der Waals surface area contributed by atoms with Crippen LogP contribution in [0, 0.1) is 6.92 Å². The van der Waals surface area contributed by atoms with Gasteiger partial charge in [-0.15, -0.1) is 0 Å². The van der Waals surface area contributed by atoms with E-state index in [2.05, 4.69) is 0 Å². The maximum atomic E-state index is 10.7. The largest absolute Gasteiger partial charge is 0.481 e. The molecule has 3 aromatic carbocycles. The predicted molar refractivity (Wildman–Crippen MR) is 105 cm³/mol. The van der Waals surface area contributed by atoms with Gasteiger partial charge in [-0.3, -0.25) is 4.79 Å². The minimum absolute atomic E-state index is 0.116. The van der Waals surface area contributed by atoms with Gasteiger partial charge in [0, 0.05) is 17.5 Å². The number of carboxylic acid groups (broad SMARTS) is 1. The molecule has 0 bridgehead atoms. The first-order valence-corrected chi connectivity index (χ1v) is 8.90. The van der Waals surface area contributed by atoms with Crippen molar-refractivity contribution in [3.8, 4) is 23.0 Å². The Balaban J connectivity index is 1.69. The highest BCUT2D eigenvalue weighted by Gasteiger charge is 2.06.